The molecular weight excluding hydrogens is 296 g/mol. The Morgan fingerprint density at radius 3 is 2.48 bits per heavy atom. The molecule has 0 aliphatic heterocycles. The summed E-state index contributed by atoms with van der Waals surface area (Å²) in [5, 5.41) is 0. The van der Waals surface area contributed by atoms with E-state index in [-0.39, 0.29) is 18.8 Å². The van der Waals surface area contributed by atoms with Crippen LogP contribution in [0.25, 0.3) is 0 Å². The Kier molecular flexibility index (Phi) is 5.90. The van der Waals surface area contributed by atoms with Gasteiger partial charge < -0.3 is 9.47 Å². The number of benzene rings is 1. The minimum absolute atomic E-state index is 0.0285. The lowest BCUT2D eigenvalue weighted by Gasteiger charge is -2.24. The fraction of sp³-hybridized carbons (Fsp3) is 0.500. The number of Topliss-reactive ketones (excluding diaryl/α,β-unsaturated/α-hetero) is 1. The van der Waals surface area contributed by atoms with Gasteiger partial charge in [0.15, 0.2) is 0 Å². The molecule has 1 aliphatic rings. The first-order valence-electron chi connectivity index (χ1n) is 8.03. The molecule has 0 spiro atoms. The van der Waals surface area contributed by atoms with Gasteiger partial charge in [0.25, 0.3) is 0 Å². The molecular formula is C18H22O5. The van der Waals surface area contributed by atoms with Gasteiger partial charge in [-0.1, -0.05) is 25.1 Å². The van der Waals surface area contributed by atoms with Crippen LogP contribution in [0.1, 0.15) is 49.4 Å². The summed E-state index contributed by atoms with van der Waals surface area (Å²) in [5.74, 6) is -1.03. The van der Waals surface area contributed by atoms with Crippen molar-refractivity contribution >= 4 is 17.7 Å². The molecule has 5 heteroatoms. The van der Waals surface area contributed by atoms with Gasteiger partial charge in [0.1, 0.15) is 11.2 Å². The summed E-state index contributed by atoms with van der Waals surface area (Å²) < 4.78 is 10.4. The van der Waals surface area contributed by atoms with Gasteiger partial charge >= 0.3 is 11.9 Å². The summed E-state index contributed by atoms with van der Waals surface area (Å²) in [5.41, 5.74) is -0.681. The lowest BCUT2D eigenvalue weighted by molar-refractivity contribution is -0.160. The second-order valence-electron chi connectivity index (χ2n) is 5.75. The topological polar surface area (TPSA) is 69.7 Å². The van der Waals surface area contributed by atoms with Gasteiger partial charge in [-0.15, -0.1) is 0 Å². The lowest BCUT2D eigenvalue weighted by atomic mass is 9.82. The van der Waals surface area contributed by atoms with Crippen LogP contribution in [0.2, 0.25) is 0 Å². The van der Waals surface area contributed by atoms with Crippen LogP contribution >= 0.6 is 0 Å². The van der Waals surface area contributed by atoms with Gasteiger partial charge in [0, 0.05) is 12.8 Å². The molecule has 1 aliphatic carbocycles. The average molecular weight is 318 g/mol. The Hall–Kier alpha value is -2.17. The zero-order chi connectivity index (χ0) is 16.7. The van der Waals surface area contributed by atoms with Crippen LogP contribution in [-0.2, 0) is 19.1 Å². The minimum atomic E-state index is -1.13. The standard InChI is InChI=1S/C18H22O5/c1-2-12-23-17(21)18(10-6-9-15(18)19)11-13-22-16(20)14-7-4-3-5-8-14/h3-5,7-8H,2,6,9-13H2,1H3. The van der Waals surface area contributed by atoms with E-state index in [1.54, 1.807) is 24.3 Å². The number of carbonyl (C=O) groups excluding carboxylic acids is 3. The highest BCUT2D eigenvalue weighted by molar-refractivity contribution is 6.05. The maximum Gasteiger partial charge on any atom is 0.338 e. The highest BCUT2D eigenvalue weighted by Gasteiger charge is 2.49. The molecule has 1 fully saturated rings. The highest BCUT2D eigenvalue weighted by atomic mass is 16.5. The summed E-state index contributed by atoms with van der Waals surface area (Å²) in [6, 6.07) is 8.64. The van der Waals surface area contributed by atoms with Crippen molar-refractivity contribution in [1.82, 2.24) is 0 Å². The second kappa shape index (κ2) is 7.90. The van der Waals surface area contributed by atoms with Crippen LogP contribution in [0.5, 0.6) is 0 Å². The Balaban J connectivity index is 1.95. The Morgan fingerprint density at radius 2 is 1.87 bits per heavy atom. The number of ketones is 1. The molecule has 0 N–H and O–H groups in total. The minimum Gasteiger partial charge on any atom is -0.465 e. The van der Waals surface area contributed by atoms with Crippen molar-refractivity contribution in [3.05, 3.63) is 35.9 Å². The highest BCUT2D eigenvalue weighted by Crippen LogP contribution is 2.39. The zero-order valence-corrected chi connectivity index (χ0v) is 13.4. The smallest absolute Gasteiger partial charge is 0.338 e. The molecule has 0 saturated heterocycles. The SMILES string of the molecule is CCCOC(=O)C1(CCOC(=O)c2ccccc2)CCCC1=O. The lowest BCUT2D eigenvalue weighted by Crippen LogP contribution is -2.38. The first-order valence-corrected chi connectivity index (χ1v) is 8.03. The molecule has 1 saturated carbocycles. The van der Waals surface area contributed by atoms with Crippen LogP contribution in [0.4, 0.5) is 0 Å². The van der Waals surface area contributed by atoms with Gasteiger partial charge in [-0.25, -0.2) is 4.79 Å². The van der Waals surface area contributed by atoms with Crippen molar-refractivity contribution in [1.29, 1.82) is 0 Å². The van der Waals surface area contributed by atoms with E-state index in [2.05, 4.69) is 0 Å². The molecule has 124 valence electrons. The molecule has 1 atom stereocenters. The molecule has 5 nitrogen and oxygen atoms in total. The summed E-state index contributed by atoms with van der Waals surface area (Å²) in [7, 11) is 0. The summed E-state index contributed by atoms with van der Waals surface area (Å²) in [4.78, 5) is 36.4. The molecule has 0 aromatic heterocycles. The van der Waals surface area contributed by atoms with Crippen molar-refractivity contribution < 1.29 is 23.9 Å². The van der Waals surface area contributed by atoms with Crippen LogP contribution in [0, 0.1) is 5.41 Å². The van der Waals surface area contributed by atoms with Crippen molar-refractivity contribution in [3.63, 3.8) is 0 Å². The first kappa shape index (κ1) is 17.2. The van der Waals surface area contributed by atoms with Crippen LogP contribution in [-0.4, -0.2) is 30.9 Å². The number of rotatable bonds is 7. The maximum atomic E-state index is 12.3. The molecule has 1 aromatic rings. The molecule has 1 unspecified atom stereocenters. The van der Waals surface area contributed by atoms with E-state index in [4.69, 9.17) is 9.47 Å². The van der Waals surface area contributed by atoms with E-state index in [1.807, 2.05) is 13.0 Å². The zero-order valence-electron chi connectivity index (χ0n) is 13.4. The Morgan fingerprint density at radius 1 is 1.13 bits per heavy atom. The molecule has 0 heterocycles. The van der Waals surface area contributed by atoms with Gasteiger partial charge in [0.05, 0.1) is 18.8 Å². The largest absolute Gasteiger partial charge is 0.465 e. The number of ether oxygens (including phenoxy) is 2. The fourth-order valence-corrected chi connectivity index (χ4v) is 2.82. The molecule has 2 rings (SSSR count). The summed E-state index contributed by atoms with van der Waals surface area (Å²) in [6.45, 7) is 2.23. The van der Waals surface area contributed by atoms with Crippen LogP contribution < -0.4 is 0 Å². The fourth-order valence-electron chi connectivity index (χ4n) is 2.82. The van der Waals surface area contributed by atoms with Crippen molar-refractivity contribution in [2.24, 2.45) is 5.41 Å². The summed E-state index contributed by atoms with van der Waals surface area (Å²) >= 11 is 0. The van der Waals surface area contributed by atoms with E-state index >= 15 is 0 Å². The van der Waals surface area contributed by atoms with Gasteiger partial charge in [-0.2, -0.15) is 0 Å². The van der Waals surface area contributed by atoms with Gasteiger partial charge in [0.2, 0.25) is 0 Å². The predicted molar refractivity (Wildman–Crippen MR) is 83.9 cm³/mol. The Labute approximate surface area is 136 Å². The molecule has 0 bridgehead atoms. The number of carbonyl (C=O) groups is 3. The van der Waals surface area contributed by atoms with Gasteiger partial charge in [-0.3, -0.25) is 9.59 Å². The molecule has 1 aromatic carbocycles. The quantitative estimate of drug-likeness (QED) is 0.571. The normalized spacial score (nSPS) is 20.3. The van der Waals surface area contributed by atoms with E-state index in [0.717, 1.165) is 0 Å². The maximum absolute atomic E-state index is 12.3. The number of hydrogen-bond donors (Lipinski definition) is 0. The Bertz CT molecular complexity index is 566. The second-order valence-corrected chi connectivity index (χ2v) is 5.75. The number of hydrogen-bond acceptors (Lipinski definition) is 5. The molecule has 23 heavy (non-hydrogen) atoms. The van der Waals surface area contributed by atoms with E-state index < -0.39 is 17.4 Å². The average Bonchev–Trinajstić information content (AvgIpc) is 2.95. The van der Waals surface area contributed by atoms with Crippen LogP contribution in [0.3, 0.4) is 0 Å². The number of esters is 2. The molecule has 0 amide bonds. The third kappa shape index (κ3) is 3.97. The predicted octanol–water partition coefficient (Wildman–Crippen LogP) is 2.93. The van der Waals surface area contributed by atoms with E-state index in [0.29, 0.717) is 37.9 Å². The van der Waals surface area contributed by atoms with Crippen molar-refractivity contribution in [3.8, 4) is 0 Å². The first-order chi connectivity index (χ1) is 11.1. The van der Waals surface area contributed by atoms with Crippen molar-refractivity contribution in [2.75, 3.05) is 13.2 Å². The molecule has 0 radical (unpaired) electrons. The van der Waals surface area contributed by atoms with E-state index in [1.165, 1.54) is 0 Å². The van der Waals surface area contributed by atoms with E-state index in [9.17, 15) is 14.4 Å². The van der Waals surface area contributed by atoms with Crippen LogP contribution in [0.15, 0.2) is 30.3 Å². The van der Waals surface area contributed by atoms with Crippen molar-refractivity contribution in [2.45, 2.75) is 39.0 Å². The van der Waals surface area contributed by atoms with Gasteiger partial charge in [-0.05, 0) is 31.4 Å². The third-order valence-electron chi connectivity index (χ3n) is 4.14. The monoisotopic (exact) mass is 318 g/mol. The summed E-state index contributed by atoms with van der Waals surface area (Å²) in [6.07, 6.45) is 2.42. The third-order valence-corrected chi connectivity index (χ3v) is 4.14.